The Morgan fingerprint density at radius 2 is 1.39 bits per heavy atom. The van der Waals surface area contributed by atoms with E-state index in [2.05, 4.69) is 6.92 Å². The molecule has 0 heterocycles. The van der Waals surface area contributed by atoms with E-state index in [-0.39, 0.29) is 11.3 Å². The summed E-state index contributed by atoms with van der Waals surface area (Å²) in [6, 6.07) is 0. The molecule has 0 rings (SSSR count). The van der Waals surface area contributed by atoms with Crippen LogP contribution in [-0.2, 0) is 4.79 Å². The fourth-order valence-corrected chi connectivity index (χ4v) is 2.57. The molecule has 0 aromatic carbocycles. The van der Waals surface area contributed by atoms with E-state index in [0.29, 0.717) is 18.5 Å². The van der Waals surface area contributed by atoms with Crippen molar-refractivity contribution in [2.75, 3.05) is 0 Å². The minimum absolute atomic E-state index is 0.129. The van der Waals surface area contributed by atoms with Gasteiger partial charge in [0.25, 0.3) is 0 Å². The van der Waals surface area contributed by atoms with Gasteiger partial charge in [0.2, 0.25) is 5.70 Å². The third-order valence-corrected chi connectivity index (χ3v) is 3.99. The van der Waals surface area contributed by atoms with Crippen LogP contribution in [0.25, 0.3) is 0 Å². The van der Waals surface area contributed by atoms with Crippen LogP contribution in [-0.4, -0.2) is 10.9 Å². The summed E-state index contributed by atoms with van der Waals surface area (Å²) >= 11 is 0. The highest BCUT2D eigenvalue weighted by Gasteiger charge is 2.09. The van der Waals surface area contributed by atoms with E-state index in [1.165, 1.54) is 25.7 Å². The lowest BCUT2D eigenvalue weighted by Gasteiger charge is -2.02. The van der Waals surface area contributed by atoms with Gasteiger partial charge in [-0.05, 0) is 38.2 Å². The Hall–Kier alpha value is -1.39. The molecule has 0 spiro atoms. The van der Waals surface area contributed by atoms with Crippen LogP contribution in [0.15, 0.2) is 11.8 Å². The highest BCUT2D eigenvalue weighted by atomic mass is 16.6. The number of allylic oxidation sites excluding steroid dienone is 2. The molecule has 0 atom stereocenters. The van der Waals surface area contributed by atoms with E-state index in [1.807, 2.05) is 0 Å². The van der Waals surface area contributed by atoms with Crippen LogP contribution < -0.4 is 5.11 Å². The van der Waals surface area contributed by atoms with Crippen molar-refractivity contribution < 1.29 is 14.8 Å². The average molecular weight is 326 g/mol. The first-order chi connectivity index (χ1) is 11.1. The Morgan fingerprint density at radius 1 is 0.870 bits per heavy atom. The minimum atomic E-state index is -0.988. The molecule has 134 valence electrons. The van der Waals surface area contributed by atoms with E-state index in [0.717, 1.165) is 44.9 Å². The Kier molecular flexibility index (Phi) is 14.6. The number of rotatable bonds is 16. The summed E-state index contributed by atoms with van der Waals surface area (Å²) in [4.78, 5) is 21.0. The van der Waals surface area contributed by atoms with Crippen LogP contribution >= 0.6 is 0 Å². The van der Waals surface area contributed by atoms with Crippen molar-refractivity contribution >= 4 is 5.97 Å². The van der Waals surface area contributed by atoms with Crippen molar-refractivity contribution in [3.63, 3.8) is 0 Å². The predicted octanol–water partition coefficient (Wildman–Crippen LogP) is 4.38. The Labute approximate surface area is 140 Å². The number of carbonyl (C=O) groups excluding carboxylic acids is 1. The maximum atomic E-state index is 11.0. The second kappa shape index (κ2) is 15.5. The van der Waals surface area contributed by atoms with Crippen LogP contribution in [0.3, 0.4) is 0 Å². The van der Waals surface area contributed by atoms with Crippen molar-refractivity contribution in [3.05, 3.63) is 21.9 Å². The molecule has 0 radical (unpaired) electrons. The first-order valence-corrected chi connectivity index (χ1v) is 9.11. The standard InChI is InChI=1S/C18H33NO4/c1-2-3-4-5-8-11-14-17(19(22)23)15-12-9-6-7-10-13-16-18(20)21/h15H,2-14,16H2,1H3,(H,20,21)/p-1/b17-15+. The largest absolute Gasteiger partial charge is 0.550 e. The molecule has 0 N–H and O–H groups in total. The number of nitrogens with zero attached hydrogens (tertiary/aromatic N) is 1. The quantitative estimate of drug-likeness (QED) is 0.239. The third-order valence-electron chi connectivity index (χ3n) is 3.99. The predicted molar refractivity (Wildman–Crippen MR) is 90.4 cm³/mol. The average Bonchev–Trinajstić information content (AvgIpc) is 2.50. The summed E-state index contributed by atoms with van der Waals surface area (Å²) in [5.74, 6) is -0.988. The smallest absolute Gasteiger partial charge is 0.242 e. The van der Waals surface area contributed by atoms with E-state index < -0.39 is 5.97 Å². The second-order valence-corrected chi connectivity index (χ2v) is 6.15. The molecule has 0 saturated heterocycles. The van der Waals surface area contributed by atoms with Crippen molar-refractivity contribution in [2.45, 2.75) is 96.8 Å². The number of unbranched alkanes of at least 4 members (excludes halogenated alkanes) is 10. The number of hydrogen-bond donors (Lipinski definition) is 0. The summed E-state index contributed by atoms with van der Waals surface area (Å²) in [6.07, 6.45) is 14.5. The van der Waals surface area contributed by atoms with Gasteiger partial charge in [0.1, 0.15) is 0 Å². The summed E-state index contributed by atoms with van der Waals surface area (Å²) < 4.78 is 0. The summed E-state index contributed by atoms with van der Waals surface area (Å²) in [6.45, 7) is 2.18. The van der Waals surface area contributed by atoms with Gasteiger partial charge in [-0.2, -0.15) is 0 Å². The number of carboxylic acid groups (broad SMARTS) is 1. The Morgan fingerprint density at radius 3 is 1.96 bits per heavy atom. The number of aliphatic carboxylic acids is 1. The molecule has 0 unspecified atom stereocenters. The topological polar surface area (TPSA) is 83.3 Å². The molecule has 0 aliphatic heterocycles. The normalized spacial score (nSPS) is 11.6. The van der Waals surface area contributed by atoms with Crippen molar-refractivity contribution in [2.24, 2.45) is 0 Å². The zero-order valence-electron chi connectivity index (χ0n) is 14.6. The first kappa shape index (κ1) is 21.6. The van der Waals surface area contributed by atoms with Gasteiger partial charge in [-0.3, -0.25) is 10.1 Å². The van der Waals surface area contributed by atoms with Gasteiger partial charge >= 0.3 is 0 Å². The molecule has 0 saturated carbocycles. The molecule has 23 heavy (non-hydrogen) atoms. The molecule has 0 bridgehead atoms. The van der Waals surface area contributed by atoms with Crippen molar-refractivity contribution in [3.8, 4) is 0 Å². The molecule has 0 amide bonds. The number of carbonyl (C=O) groups is 1. The fourth-order valence-electron chi connectivity index (χ4n) is 2.57. The van der Waals surface area contributed by atoms with Crippen LogP contribution in [0.1, 0.15) is 96.8 Å². The summed E-state index contributed by atoms with van der Waals surface area (Å²) in [5, 5.41) is 21.3. The van der Waals surface area contributed by atoms with Gasteiger partial charge < -0.3 is 9.90 Å². The third kappa shape index (κ3) is 15.3. The van der Waals surface area contributed by atoms with Crippen LogP contribution in [0, 0.1) is 10.1 Å². The van der Waals surface area contributed by atoms with E-state index in [9.17, 15) is 20.0 Å². The van der Waals surface area contributed by atoms with Crippen LogP contribution in [0.5, 0.6) is 0 Å². The monoisotopic (exact) mass is 326 g/mol. The van der Waals surface area contributed by atoms with Crippen molar-refractivity contribution in [1.29, 1.82) is 0 Å². The molecule has 0 aromatic heterocycles. The van der Waals surface area contributed by atoms with E-state index >= 15 is 0 Å². The zero-order valence-corrected chi connectivity index (χ0v) is 14.6. The number of hydrogen-bond acceptors (Lipinski definition) is 4. The molecular weight excluding hydrogens is 294 g/mol. The van der Waals surface area contributed by atoms with Crippen LogP contribution in [0.2, 0.25) is 0 Å². The molecule has 5 heteroatoms. The Balaban J connectivity index is 3.69. The molecule has 0 aliphatic carbocycles. The van der Waals surface area contributed by atoms with Gasteiger partial charge in [0, 0.05) is 12.4 Å². The maximum absolute atomic E-state index is 11.0. The lowest BCUT2D eigenvalue weighted by atomic mass is 10.1. The van der Waals surface area contributed by atoms with E-state index in [4.69, 9.17) is 0 Å². The van der Waals surface area contributed by atoms with Crippen molar-refractivity contribution in [1.82, 2.24) is 0 Å². The second-order valence-electron chi connectivity index (χ2n) is 6.15. The summed E-state index contributed by atoms with van der Waals surface area (Å²) in [7, 11) is 0. The molecule has 0 fully saturated rings. The summed E-state index contributed by atoms with van der Waals surface area (Å²) in [5.41, 5.74) is 0.359. The van der Waals surface area contributed by atoms with E-state index in [1.54, 1.807) is 6.08 Å². The molecule has 5 nitrogen and oxygen atoms in total. The Bertz CT molecular complexity index is 353. The highest BCUT2D eigenvalue weighted by molar-refractivity contribution is 5.63. The molecule has 0 aliphatic rings. The molecule has 0 aromatic rings. The zero-order chi connectivity index (χ0) is 17.3. The van der Waals surface area contributed by atoms with Gasteiger partial charge in [0.15, 0.2) is 0 Å². The van der Waals surface area contributed by atoms with Gasteiger partial charge in [-0.15, -0.1) is 0 Å². The van der Waals surface area contributed by atoms with Gasteiger partial charge in [-0.25, -0.2) is 0 Å². The maximum Gasteiger partial charge on any atom is 0.242 e. The fraction of sp³-hybridized carbons (Fsp3) is 0.833. The number of carboxylic acids is 1. The van der Waals surface area contributed by atoms with Crippen LogP contribution in [0.4, 0.5) is 0 Å². The highest BCUT2D eigenvalue weighted by Crippen LogP contribution is 2.14. The van der Waals surface area contributed by atoms with Gasteiger partial charge in [0.05, 0.1) is 4.92 Å². The van der Waals surface area contributed by atoms with Gasteiger partial charge in [-0.1, -0.05) is 58.3 Å². The molecular formula is C18H32NO4-. The minimum Gasteiger partial charge on any atom is -0.550 e. The lowest BCUT2D eigenvalue weighted by molar-refractivity contribution is -0.428. The SMILES string of the molecule is CCCCCCCC/C(=C\CCCCCCCC(=O)[O-])[N+](=O)[O-]. The number of nitro groups is 1. The lowest BCUT2D eigenvalue weighted by Crippen LogP contribution is -2.21. The first-order valence-electron chi connectivity index (χ1n) is 9.11.